The van der Waals surface area contributed by atoms with Crippen LogP contribution in [0.2, 0.25) is 0 Å². The van der Waals surface area contributed by atoms with Crippen LogP contribution >= 0.6 is 11.8 Å². The Labute approximate surface area is 164 Å². The molecule has 27 heavy (non-hydrogen) atoms. The first-order valence-corrected chi connectivity index (χ1v) is 11.5. The third-order valence-corrected chi connectivity index (χ3v) is 6.50. The molecule has 1 aliphatic heterocycles. The van der Waals surface area contributed by atoms with Gasteiger partial charge in [0.2, 0.25) is 0 Å². The van der Waals surface area contributed by atoms with Gasteiger partial charge in [-0.15, -0.1) is 11.8 Å². The number of carbonyl (C=O) groups is 1. The van der Waals surface area contributed by atoms with Gasteiger partial charge < -0.3 is 10.2 Å². The number of anilines is 2. The van der Waals surface area contributed by atoms with E-state index >= 15 is 0 Å². The second-order valence-corrected chi connectivity index (χ2v) is 8.90. The Morgan fingerprint density at radius 2 is 1.70 bits per heavy atom. The summed E-state index contributed by atoms with van der Waals surface area (Å²) in [4.78, 5) is 15.1. The smallest absolute Gasteiger partial charge is 0.321 e. The van der Waals surface area contributed by atoms with Crippen molar-refractivity contribution in [1.29, 1.82) is 0 Å². The number of piperidine rings is 1. The van der Waals surface area contributed by atoms with E-state index in [0.29, 0.717) is 11.4 Å². The van der Waals surface area contributed by atoms with Crippen molar-refractivity contribution in [3.05, 3.63) is 48.5 Å². The number of carbonyl (C=O) groups excluding carboxylic acids is 1. The summed E-state index contributed by atoms with van der Waals surface area (Å²) in [6.07, 6.45) is 5.13. The third kappa shape index (κ3) is 5.17. The molecule has 3 rings (SSSR count). The lowest BCUT2D eigenvalue weighted by Gasteiger charge is -2.26. The minimum absolute atomic E-state index is 0.141. The van der Waals surface area contributed by atoms with Gasteiger partial charge in [0.05, 0.1) is 4.90 Å². The predicted molar refractivity (Wildman–Crippen MR) is 110 cm³/mol. The molecule has 0 bridgehead atoms. The summed E-state index contributed by atoms with van der Waals surface area (Å²) >= 11 is 1.55. The van der Waals surface area contributed by atoms with Crippen molar-refractivity contribution < 1.29 is 13.2 Å². The number of benzene rings is 2. The highest BCUT2D eigenvalue weighted by molar-refractivity contribution is 7.98. The highest BCUT2D eigenvalue weighted by Gasteiger charge is 2.18. The lowest BCUT2D eigenvalue weighted by atomic mass is 10.1. The summed E-state index contributed by atoms with van der Waals surface area (Å²) < 4.78 is 27.7. The van der Waals surface area contributed by atoms with E-state index in [1.165, 1.54) is 12.1 Å². The molecule has 8 heteroatoms. The van der Waals surface area contributed by atoms with Crippen LogP contribution in [0.4, 0.5) is 16.2 Å². The van der Waals surface area contributed by atoms with E-state index in [-0.39, 0.29) is 10.9 Å². The van der Waals surface area contributed by atoms with Crippen LogP contribution in [0.3, 0.4) is 0 Å². The van der Waals surface area contributed by atoms with Crippen LogP contribution in [0.5, 0.6) is 0 Å². The average Bonchev–Trinajstić information content (AvgIpc) is 2.69. The molecule has 1 aliphatic rings. The maximum absolute atomic E-state index is 12.6. The molecule has 2 aromatic carbocycles. The number of hydrogen-bond acceptors (Lipinski definition) is 4. The molecule has 2 amide bonds. The number of nitrogens with zero attached hydrogens (tertiary/aromatic N) is 1. The van der Waals surface area contributed by atoms with E-state index in [1.807, 2.05) is 18.4 Å². The van der Waals surface area contributed by atoms with Crippen LogP contribution in [0.25, 0.3) is 0 Å². The summed E-state index contributed by atoms with van der Waals surface area (Å²) in [6.45, 7) is 1.52. The van der Waals surface area contributed by atoms with Gasteiger partial charge in [-0.25, -0.2) is 13.2 Å². The molecule has 0 unspecified atom stereocenters. The number of amides is 2. The minimum atomic E-state index is -3.69. The molecule has 6 nitrogen and oxygen atoms in total. The van der Waals surface area contributed by atoms with Gasteiger partial charge in [-0.05, 0) is 68.0 Å². The van der Waals surface area contributed by atoms with Crippen LogP contribution < -0.4 is 10.0 Å². The number of hydrogen-bond donors (Lipinski definition) is 2. The molecule has 1 fully saturated rings. The van der Waals surface area contributed by atoms with E-state index in [2.05, 4.69) is 10.0 Å². The molecule has 2 N–H and O–H groups in total. The standard InChI is InChI=1S/C19H23N3O3S2/c1-26-17-7-5-6-16(14-17)21-27(24,25)18-10-8-15(9-11-18)20-19(23)22-12-3-2-4-13-22/h5-11,14,21H,2-4,12-13H2,1H3,(H,20,23). The quantitative estimate of drug-likeness (QED) is 0.730. The van der Waals surface area contributed by atoms with Crippen LogP contribution in [-0.4, -0.2) is 38.7 Å². The molecule has 0 radical (unpaired) electrons. The Morgan fingerprint density at radius 1 is 1.00 bits per heavy atom. The van der Waals surface area contributed by atoms with E-state index in [0.717, 1.165) is 37.2 Å². The fraction of sp³-hybridized carbons (Fsp3) is 0.316. The van der Waals surface area contributed by atoms with Crippen molar-refractivity contribution in [2.24, 2.45) is 0 Å². The zero-order valence-corrected chi connectivity index (χ0v) is 16.8. The number of urea groups is 1. The second kappa shape index (κ2) is 8.67. The lowest BCUT2D eigenvalue weighted by Crippen LogP contribution is -2.38. The van der Waals surface area contributed by atoms with Crippen molar-refractivity contribution in [2.45, 2.75) is 29.1 Å². The summed E-state index contributed by atoms with van der Waals surface area (Å²) in [5.41, 5.74) is 1.10. The molecule has 144 valence electrons. The molecule has 2 aromatic rings. The normalized spacial score (nSPS) is 14.6. The fourth-order valence-electron chi connectivity index (χ4n) is 2.92. The zero-order valence-electron chi connectivity index (χ0n) is 15.1. The van der Waals surface area contributed by atoms with Crippen molar-refractivity contribution in [2.75, 3.05) is 29.4 Å². The van der Waals surface area contributed by atoms with Crippen molar-refractivity contribution in [3.8, 4) is 0 Å². The molecule has 1 saturated heterocycles. The van der Waals surface area contributed by atoms with Crippen LogP contribution in [-0.2, 0) is 10.0 Å². The Morgan fingerprint density at radius 3 is 2.37 bits per heavy atom. The van der Waals surface area contributed by atoms with E-state index in [1.54, 1.807) is 40.9 Å². The van der Waals surface area contributed by atoms with Gasteiger partial charge in [0.25, 0.3) is 10.0 Å². The van der Waals surface area contributed by atoms with Gasteiger partial charge >= 0.3 is 6.03 Å². The molecule has 0 atom stereocenters. The second-order valence-electron chi connectivity index (χ2n) is 6.34. The highest BCUT2D eigenvalue weighted by atomic mass is 32.2. The van der Waals surface area contributed by atoms with Gasteiger partial charge in [-0.3, -0.25) is 4.72 Å². The molecular weight excluding hydrogens is 382 g/mol. The average molecular weight is 406 g/mol. The topological polar surface area (TPSA) is 78.5 Å². The number of nitrogens with one attached hydrogen (secondary N) is 2. The summed E-state index contributed by atoms with van der Waals surface area (Å²) in [5.74, 6) is 0. The fourth-order valence-corrected chi connectivity index (χ4v) is 4.43. The first-order chi connectivity index (χ1) is 13.0. The first kappa shape index (κ1) is 19.6. The zero-order chi connectivity index (χ0) is 19.3. The minimum Gasteiger partial charge on any atom is -0.325 e. The van der Waals surface area contributed by atoms with Crippen molar-refractivity contribution in [1.82, 2.24) is 4.90 Å². The number of sulfonamides is 1. The van der Waals surface area contributed by atoms with Gasteiger partial charge in [0.1, 0.15) is 0 Å². The number of thioether (sulfide) groups is 1. The van der Waals surface area contributed by atoms with Gasteiger partial charge in [-0.1, -0.05) is 6.07 Å². The molecule has 0 saturated carbocycles. The van der Waals surface area contributed by atoms with Crippen LogP contribution in [0, 0.1) is 0 Å². The number of likely N-dealkylation sites (tertiary alicyclic amines) is 1. The monoisotopic (exact) mass is 405 g/mol. The Bertz CT molecular complexity index is 893. The lowest BCUT2D eigenvalue weighted by molar-refractivity contribution is 0.200. The molecule has 0 aliphatic carbocycles. The van der Waals surface area contributed by atoms with Crippen molar-refractivity contribution >= 4 is 39.2 Å². The molecule has 0 spiro atoms. The van der Waals surface area contributed by atoms with Crippen LogP contribution in [0.15, 0.2) is 58.3 Å². The summed E-state index contributed by atoms with van der Waals surface area (Å²) in [5, 5.41) is 2.82. The molecule has 0 aromatic heterocycles. The van der Waals surface area contributed by atoms with Crippen LogP contribution in [0.1, 0.15) is 19.3 Å². The SMILES string of the molecule is CSc1cccc(NS(=O)(=O)c2ccc(NC(=O)N3CCCCC3)cc2)c1. The molecule has 1 heterocycles. The Hall–Kier alpha value is -2.19. The summed E-state index contributed by atoms with van der Waals surface area (Å²) in [7, 11) is -3.69. The van der Waals surface area contributed by atoms with E-state index in [9.17, 15) is 13.2 Å². The first-order valence-electron chi connectivity index (χ1n) is 8.81. The van der Waals surface area contributed by atoms with E-state index < -0.39 is 10.0 Å². The summed E-state index contributed by atoms with van der Waals surface area (Å²) in [6, 6.07) is 13.3. The van der Waals surface area contributed by atoms with E-state index in [4.69, 9.17) is 0 Å². The molecular formula is C19H23N3O3S2. The number of rotatable bonds is 5. The maximum Gasteiger partial charge on any atom is 0.321 e. The third-order valence-electron chi connectivity index (χ3n) is 4.38. The Kier molecular flexibility index (Phi) is 6.28. The Balaban J connectivity index is 1.67. The van der Waals surface area contributed by atoms with Gasteiger partial charge in [0.15, 0.2) is 0 Å². The highest BCUT2D eigenvalue weighted by Crippen LogP contribution is 2.22. The largest absolute Gasteiger partial charge is 0.325 e. The van der Waals surface area contributed by atoms with Gasteiger partial charge in [-0.2, -0.15) is 0 Å². The van der Waals surface area contributed by atoms with Gasteiger partial charge in [0, 0.05) is 29.4 Å². The van der Waals surface area contributed by atoms with Crippen molar-refractivity contribution in [3.63, 3.8) is 0 Å². The predicted octanol–water partition coefficient (Wildman–Crippen LogP) is 4.23. The maximum atomic E-state index is 12.6.